The molecule has 0 spiro atoms. The fraction of sp³-hybridized carbons (Fsp3) is 0.819. The SMILES string of the molecule is COC(=O)CCC(NC(=O)C(C)(C)NC(=O)CCC(NC(=O)C(C)(C)NC(=O)CCC(NC(=O)C(C)(C)NC(=O)CCC(NC(=O)C(C)(C)NC(=O)CCC(NC(=O)C(C)(C)NC(=O)CCC(NC(=O)C(C)(C)NC(=O)CCC(NC(=O)C(C)(C)NC(=O)CCC(NC(=O)C(C)(C)NC(=O)OC(C)(C)C)C(C)C)C(C)C)C(C)C)C(C)C)C(C)C)C(C)C)C(C)C)C(C)C. The molecule has 0 radical (unpaired) electrons. The number of methoxy groups -OCH3 is 1. The van der Waals surface area contributed by atoms with Crippen molar-refractivity contribution < 1.29 is 91.0 Å². The molecule has 0 saturated carbocycles. The lowest BCUT2D eigenvalue weighted by Crippen LogP contribution is -2.59. The van der Waals surface area contributed by atoms with Gasteiger partial charge >= 0.3 is 12.1 Å². The zero-order valence-corrected chi connectivity index (χ0v) is 85.3. The summed E-state index contributed by atoms with van der Waals surface area (Å²) in [6.45, 7) is 60.2. The molecule has 0 aliphatic heterocycles. The Hall–Kier alpha value is -9.21. The molecule has 0 aromatic carbocycles. The van der Waals surface area contributed by atoms with Crippen LogP contribution in [0.3, 0.4) is 0 Å². The predicted molar refractivity (Wildman–Crippen MR) is 499 cm³/mol. The van der Waals surface area contributed by atoms with Crippen LogP contribution < -0.4 is 85.1 Å². The average Bonchev–Trinajstić information content (AvgIpc) is 0.832. The highest BCUT2D eigenvalue weighted by molar-refractivity contribution is 5.96. The Morgan fingerprint density at radius 3 is 0.442 bits per heavy atom. The molecule has 16 amide bonds. The molecule has 0 fully saturated rings. The Kier molecular flexibility index (Phi) is 48.4. The fourth-order valence-corrected chi connectivity index (χ4v) is 13.6. The molecule has 0 aliphatic rings. The van der Waals surface area contributed by atoms with Crippen LogP contribution in [0, 0.1) is 47.3 Å². The Labute approximate surface area is 770 Å². The van der Waals surface area contributed by atoms with E-state index in [0.29, 0.717) is 6.42 Å². The molecule has 8 atom stereocenters. The summed E-state index contributed by atoms with van der Waals surface area (Å²) in [7, 11) is 1.30. The number of ether oxygens (including phenoxy) is 2. The molecule has 0 rings (SSSR count). The van der Waals surface area contributed by atoms with Crippen molar-refractivity contribution in [3.8, 4) is 0 Å². The maximum Gasteiger partial charge on any atom is 0.408 e. The van der Waals surface area contributed by atoms with Crippen LogP contribution in [0.2, 0.25) is 0 Å². The summed E-state index contributed by atoms with van der Waals surface area (Å²) in [5.41, 5.74) is -11.9. The van der Waals surface area contributed by atoms with Crippen molar-refractivity contribution in [3.63, 3.8) is 0 Å². The van der Waals surface area contributed by atoms with E-state index in [9.17, 15) is 81.5 Å². The second kappa shape index (κ2) is 52.1. The van der Waals surface area contributed by atoms with Crippen molar-refractivity contribution in [2.45, 2.75) is 443 Å². The van der Waals surface area contributed by atoms with Crippen LogP contribution in [0.5, 0.6) is 0 Å². The summed E-state index contributed by atoms with van der Waals surface area (Å²) in [5, 5.41) is 46.0. The van der Waals surface area contributed by atoms with Gasteiger partial charge in [0.1, 0.15) is 49.9 Å². The Balaban J connectivity index is 5.60. The number of hydrogen-bond acceptors (Lipinski definition) is 19. The van der Waals surface area contributed by atoms with Crippen molar-refractivity contribution in [1.82, 2.24) is 85.1 Å². The zero-order chi connectivity index (χ0) is 101. The van der Waals surface area contributed by atoms with Gasteiger partial charge in [0.05, 0.1) is 7.11 Å². The van der Waals surface area contributed by atoms with Crippen LogP contribution in [-0.4, -0.2) is 206 Å². The standard InChI is InChI=1S/C94H172N16O19/c1-53(2)61(95-78(120)88(22,23)104-71(113)47-39-63(55(5)6)97-80(122)90(26,27)106-73(115)49-41-65(57(9)10)99-82(124)92(30,31)108-75(117)51-43-67(59(13)14)101-84(126)94(34,35)110-85(127)129-86(17,18)19)37-45-69(111)103-87(20,21)77(119)96-62(54(3)4)38-46-70(112)105-89(24,25)79(121)98-64(56(7)8)40-48-72(114)107-91(28,29)81(123)100-66(58(11)12)42-50-74(116)109-93(32,33)83(125)102-68(60(15)16)44-52-76(118)128-36/h53-68H,37-52H2,1-36H3,(H,95,120)(H,96,119)(H,97,122)(H,98,121)(H,99,124)(H,100,123)(H,101,126)(H,102,125)(H,103,111)(H,104,113)(H,105,112)(H,106,115)(H,107,114)(H,108,117)(H,109,116)(H,110,127). The number of nitrogens with one attached hydrogen (secondary N) is 16. The van der Waals surface area contributed by atoms with Crippen LogP contribution in [0.25, 0.3) is 0 Å². The molecule has 129 heavy (non-hydrogen) atoms. The lowest BCUT2D eigenvalue weighted by molar-refractivity contribution is -0.141. The van der Waals surface area contributed by atoms with Crippen molar-refractivity contribution in [1.29, 1.82) is 0 Å². The van der Waals surface area contributed by atoms with Gasteiger partial charge in [-0.15, -0.1) is 0 Å². The minimum atomic E-state index is -1.43. The Bertz CT molecular complexity index is 3730. The minimum absolute atomic E-state index is 0.00433. The van der Waals surface area contributed by atoms with Gasteiger partial charge < -0.3 is 94.5 Å². The number of carbonyl (C=O) groups is 17. The molecular weight excluding hydrogens is 1660 g/mol. The van der Waals surface area contributed by atoms with Gasteiger partial charge in [0.25, 0.3) is 0 Å². The quantitative estimate of drug-likeness (QED) is 0.0256. The molecule has 0 saturated heterocycles. The van der Waals surface area contributed by atoms with Crippen LogP contribution in [-0.2, 0) is 86.2 Å². The first-order valence-corrected chi connectivity index (χ1v) is 46.3. The van der Waals surface area contributed by atoms with Crippen LogP contribution >= 0.6 is 0 Å². The number of esters is 1. The minimum Gasteiger partial charge on any atom is -0.469 e. The molecule has 8 unspecified atom stereocenters. The van der Waals surface area contributed by atoms with Crippen molar-refractivity contribution in [3.05, 3.63) is 0 Å². The van der Waals surface area contributed by atoms with Gasteiger partial charge in [0.2, 0.25) is 88.6 Å². The monoisotopic (exact) mass is 1830 g/mol. The van der Waals surface area contributed by atoms with Crippen LogP contribution in [0.4, 0.5) is 4.79 Å². The van der Waals surface area contributed by atoms with Crippen molar-refractivity contribution in [2.24, 2.45) is 47.3 Å². The molecule has 0 aliphatic carbocycles. The van der Waals surface area contributed by atoms with Gasteiger partial charge in [-0.3, -0.25) is 76.7 Å². The summed E-state index contributed by atoms with van der Waals surface area (Å²) >= 11 is 0. The van der Waals surface area contributed by atoms with E-state index in [2.05, 4.69) is 85.1 Å². The molecule has 0 bridgehead atoms. The maximum absolute atomic E-state index is 14.0. The smallest absolute Gasteiger partial charge is 0.408 e. The topological polar surface area (TPSA) is 501 Å². The lowest BCUT2D eigenvalue weighted by Gasteiger charge is -2.32. The number of amides is 16. The molecule has 35 nitrogen and oxygen atoms in total. The second-order valence-electron chi connectivity index (χ2n) is 42.9. The normalized spacial score (nSPS) is 14.4. The van der Waals surface area contributed by atoms with Crippen LogP contribution in [0.15, 0.2) is 0 Å². The molecule has 0 aromatic rings. The first-order chi connectivity index (χ1) is 58.6. The van der Waals surface area contributed by atoms with E-state index in [1.54, 1.807) is 132 Å². The average molecular weight is 1830 g/mol. The lowest BCUT2D eigenvalue weighted by atomic mass is 9.94. The van der Waals surface area contributed by atoms with Gasteiger partial charge in [0, 0.05) is 99.7 Å². The van der Waals surface area contributed by atoms with Gasteiger partial charge in [-0.25, -0.2) is 4.79 Å². The van der Waals surface area contributed by atoms with E-state index in [1.165, 1.54) is 7.11 Å². The highest BCUT2D eigenvalue weighted by atomic mass is 16.6. The van der Waals surface area contributed by atoms with Gasteiger partial charge in [-0.1, -0.05) is 111 Å². The van der Waals surface area contributed by atoms with Gasteiger partial charge in [-0.2, -0.15) is 0 Å². The van der Waals surface area contributed by atoms with E-state index >= 15 is 0 Å². The molecular formula is C94H172N16O19. The summed E-state index contributed by atoms with van der Waals surface area (Å²) in [6, 6.07) is -3.91. The number of carbonyl (C=O) groups excluding carboxylic acids is 17. The predicted octanol–water partition coefficient (Wildman–Crippen LogP) is 8.09. The third-order valence-electron chi connectivity index (χ3n) is 23.2. The number of rotatable bonds is 56. The molecule has 0 aromatic heterocycles. The summed E-state index contributed by atoms with van der Waals surface area (Å²) in [4.78, 5) is 229. The first kappa shape index (κ1) is 120. The Morgan fingerprint density at radius 2 is 0.326 bits per heavy atom. The second-order valence-corrected chi connectivity index (χ2v) is 42.9. The van der Waals surface area contributed by atoms with Crippen molar-refractivity contribution >= 4 is 101 Å². The molecule has 35 heteroatoms. The van der Waals surface area contributed by atoms with Gasteiger partial charge in [0.15, 0.2) is 0 Å². The fourth-order valence-electron chi connectivity index (χ4n) is 13.6. The largest absolute Gasteiger partial charge is 0.469 e. The van der Waals surface area contributed by atoms with E-state index in [1.807, 2.05) is 111 Å². The van der Waals surface area contributed by atoms with E-state index in [-0.39, 0.29) is 150 Å². The van der Waals surface area contributed by atoms with E-state index in [4.69, 9.17) is 9.47 Å². The first-order valence-electron chi connectivity index (χ1n) is 46.3. The molecule has 0 heterocycles. The maximum atomic E-state index is 14.0. The summed E-state index contributed by atoms with van der Waals surface area (Å²) in [6.07, 6.45) is 0.686. The zero-order valence-electron chi connectivity index (χ0n) is 85.3. The highest BCUT2D eigenvalue weighted by Gasteiger charge is 2.42. The number of hydrogen-bond donors (Lipinski definition) is 16. The Morgan fingerprint density at radius 1 is 0.202 bits per heavy atom. The highest BCUT2D eigenvalue weighted by Crippen LogP contribution is 2.24. The van der Waals surface area contributed by atoms with Crippen LogP contribution in [0.1, 0.15) is 345 Å². The number of alkyl carbamates (subject to hydrolysis) is 1. The summed E-state index contributed by atoms with van der Waals surface area (Å²) in [5.74, 6) is -8.45. The molecule has 16 N–H and O–H groups in total. The van der Waals surface area contributed by atoms with E-state index in [0.717, 1.165) is 0 Å². The third kappa shape index (κ3) is 45.0. The summed E-state index contributed by atoms with van der Waals surface area (Å²) < 4.78 is 10.1. The van der Waals surface area contributed by atoms with Crippen molar-refractivity contribution in [2.75, 3.05) is 7.11 Å². The van der Waals surface area contributed by atoms with E-state index < -0.39 is 193 Å². The molecule has 742 valence electrons. The van der Waals surface area contributed by atoms with Gasteiger partial charge in [-0.05, 0) is 230 Å². The third-order valence-corrected chi connectivity index (χ3v) is 23.2.